The number of carbonyl (C=O) groups is 1. The highest BCUT2D eigenvalue weighted by molar-refractivity contribution is 14.2. The van der Waals surface area contributed by atoms with Gasteiger partial charge in [0, 0.05) is 27.2 Å². The van der Waals surface area contributed by atoms with E-state index in [0.717, 1.165) is 63.4 Å². The summed E-state index contributed by atoms with van der Waals surface area (Å²) in [7, 11) is -12.9. The third-order valence-corrected chi connectivity index (χ3v) is 11.7. The van der Waals surface area contributed by atoms with Crippen molar-refractivity contribution in [1.29, 1.82) is 0 Å². The van der Waals surface area contributed by atoms with Crippen molar-refractivity contribution in [3.63, 3.8) is 0 Å². The SMILES string of the molecule is CN(CCOCc1cccc(C(=O)OCCN(C)S(=O)(=O)C(F)(F)C(F)(F)C(F)(F)C(C)(I)I)c1)S(=O)(=O)C(F)(F)C(F)(F)C(F)(F)C(F)(F)F. The molecule has 0 aliphatic rings. The summed E-state index contributed by atoms with van der Waals surface area (Å²) in [5.41, 5.74) is -0.412. The van der Waals surface area contributed by atoms with E-state index >= 15 is 0 Å². The van der Waals surface area contributed by atoms with Gasteiger partial charge in [-0.2, -0.15) is 74.5 Å². The molecular weight excluding hydrogens is 1020 g/mol. The number of esters is 1. The quantitative estimate of drug-likeness (QED) is 0.0526. The minimum Gasteiger partial charge on any atom is -0.461 e. The normalized spacial score (nSPS) is 15.1. The van der Waals surface area contributed by atoms with Gasteiger partial charge in [0.15, 0.2) is 0 Å². The molecule has 0 amide bonds. The first-order chi connectivity index (χ1) is 22.4. The number of halogens is 17. The number of benzene rings is 1. The number of likely N-dealkylation sites (N-methyl/N-ethyl adjacent to an activating group) is 2. The molecule has 0 spiro atoms. The molecule has 1 aromatic carbocycles. The first kappa shape index (κ1) is 47.9. The minimum absolute atomic E-state index is 0.0170. The van der Waals surface area contributed by atoms with Crippen molar-refractivity contribution in [2.24, 2.45) is 0 Å². The van der Waals surface area contributed by atoms with Crippen LogP contribution in [0.4, 0.5) is 65.9 Å². The van der Waals surface area contributed by atoms with Crippen LogP contribution in [0, 0.1) is 0 Å². The Bertz CT molecular complexity index is 1620. The lowest BCUT2D eigenvalue weighted by atomic mass is 10.1. The zero-order chi connectivity index (χ0) is 40.7. The van der Waals surface area contributed by atoms with Crippen molar-refractivity contribution in [2.75, 3.05) is 40.4 Å². The summed E-state index contributed by atoms with van der Waals surface area (Å²) in [4.78, 5) is 12.3. The Hall–Kier alpha value is -1.12. The maximum Gasteiger partial charge on any atom is 0.460 e. The van der Waals surface area contributed by atoms with Crippen LogP contribution < -0.4 is 0 Å². The molecule has 0 fully saturated rings. The summed E-state index contributed by atoms with van der Waals surface area (Å²) in [5.74, 6) is -28.2. The van der Waals surface area contributed by atoms with Gasteiger partial charge in [-0.3, -0.25) is 0 Å². The summed E-state index contributed by atoms with van der Waals surface area (Å²) in [5, 5.41) is -13.3. The molecule has 0 saturated carbocycles. The van der Waals surface area contributed by atoms with Crippen LogP contribution >= 0.6 is 45.2 Å². The van der Waals surface area contributed by atoms with E-state index in [1.54, 1.807) is 0 Å². The van der Waals surface area contributed by atoms with Gasteiger partial charge in [0.05, 0.1) is 18.8 Å². The van der Waals surface area contributed by atoms with E-state index in [-0.39, 0.29) is 12.6 Å². The van der Waals surface area contributed by atoms with Crippen molar-refractivity contribution in [3.05, 3.63) is 35.4 Å². The van der Waals surface area contributed by atoms with Crippen LogP contribution in [-0.2, 0) is 36.1 Å². The third kappa shape index (κ3) is 8.90. The number of nitrogens with zero attached hydrogens (tertiary/aromatic N) is 2. The summed E-state index contributed by atoms with van der Waals surface area (Å²) in [6.07, 6.45) is -7.26. The minimum atomic E-state index is -7.47. The number of carbonyl (C=O) groups excluding carboxylic acids is 1. The Labute approximate surface area is 306 Å². The number of hydrogen-bond donors (Lipinski definition) is 0. The fraction of sp³-hybridized carbons (Fsp3) is 0.696. The average molecular weight is 1040 g/mol. The molecule has 0 N–H and O–H groups in total. The number of sulfonamides is 2. The van der Waals surface area contributed by atoms with Crippen molar-refractivity contribution in [3.8, 4) is 0 Å². The van der Waals surface area contributed by atoms with E-state index < -0.39 is 115 Å². The van der Waals surface area contributed by atoms with E-state index in [4.69, 9.17) is 4.74 Å². The lowest BCUT2D eigenvalue weighted by Gasteiger charge is -2.38. The zero-order valence-corrected chi connectivity index (χ0v) is 31.3. The summed E-state index contributed by atoms with van der Waals surface area (Å²) in [6.45, 7) is -4.82. The van der Waals surface area contributed by atoms with Gasteiger partial charge in [-0.15, -0.1) is 0 Å². The largest absolute Gasteiger partial charge is 0.461 e. The molecule has 0 radical (unpaired) electrons. The maximum atomic E-state index is 14.4. The van der Waals surface area contributed by atoms with Crippen molar-refractivity contribution in [1.82, 2.24) is 8.61 Å². The number of ether oxygens (including phenoxy) is 2. The summed E-state index contributed by atoms with van der Waals surface area (Å²) in [6, 6.07) is 4.31. The molecule has 298 valence electrons. The molecule has 0 aromatic heterocycles. The fourth-order valence-electron chi connectivity index (χ4n) is 3.30. The Morgan fingerprint density at radius 2 is 1.10 bits per heavy atom. The smallest absolute Gasteiger partial charge is 0.460 e. The molecule has 9 nitrogen and oxygen atoms in total. The van der Waals surface area contributed by atoms with E-state index in [0.29, 0.717) is 14.0 Å². The lowest BCUT2D eigenvalue weighted by Crippen LogP contribution is -2.65. The Morgan fingerprint density at radius 3 is 1.51 bits per heavy atom. The molecule has 1 aromatic rings. The topological polar surface area (TPSA) is 110 Å². The highest BCUT2D eigenvalue weighted by Gasteiger charge is 2.86. The molecule has 28 heteroatoms. The van der Waals surface area contributed by atoms with Crippen LogP contribution in [0.3, 0.4) is 0 Å². The highest BCUT2D eigenvalue weighted by Crippen LogP contribution is 2.58. The molecule has 51 heavy (non-hydrogen) atoms. The van der Waals surface area contributed by atoms with Gasteiger partial charge < -0.3 is 9.47 Å². The van der Waals surface area contributed by atoms with Crippen LogP contribution in [0.5, 0.6) is 0 Å². The van der Waals surface area contributed by atoms with Gasteiger partial charge in [-0.1, -0.05) is 57.3 Å². The monoisotopic (exact) mass is 1040 g/mol. The van der Waals surface area contributed by atoms with Crippen LogP contribution in [0.15, 0.2) is 24.3 Å². The second-order valence-electron chi connectivity index (χ2n) is 10.3. The second kappa shape index (κ2) is 15.6. The Morgan fingerprint density at radius 1 is 0.686 bits per heavy atom. The first-order valence-corrected chi connectivity index (χ1v) is 17.9. The van der Waals surface area contributed by atoms with E-state index in [2.05, 4.69) is 4.74 Å². The highest BCUT2D eigenvalue weighted by atomic mass is 127. The Kier molecular flexibility index (Phi) is 14.6. The summed E-state index contributed by atoms with van der Waals surface area (Å²) < 4.78 is 257. The third-order valence-electron chi connectivity index (χ3n) is 6.52. The predicted molar refractivity (Wildman–Crippen MR) is 162 cm³/mol. The van der Waals surface area contributed by atoms with Crippen LogP contribution in [0.25, 0.3) is 0 Å². The van der Waals surface area contributed by atoms with Crippen LogP contribution in [0.1, 0.15) is 22.8 Å². The predicted octanol–water partition coefficient (Wildman–Crippen LogP) is 6.76. The zero-order valence-electron chi connectivity index (χ0n) is 25.3. The first-order valence-electron chi connectivity index (χ1n) is 12.9. The van der Waals surface area contributed by atoms with Gasteiger partial charge in [0.2, 0.25) is 0 Å². The summed E-state index contributed by atoms with van der Waals surface area (Å²) >= 11 is 1.44. The van der Waals surface area contributed by atoms with Gasteiger partial charge in [-0.25, -0.2) is 21.6 Å². The van der Waals surface area contributed by atoms with E-state index in [1.165, 1.54) is 6.07 Å². The average Bonchev–Trinajstić information content (AvgIpc) is 2.97. The number of hydrogen-bond acceptors (Lipinski definition) is 7. The van der Waals surface area contributed by atoms with Gasteiger partial charge in [0.1, 0.15) is 8.04 Å². The maximum absolute atomic E-state index is 14.4. The van der Waals surface area contributed by atoms with Crippen molar-refractivity contribution < 1.29 is 97.0 Å². The van der Waals surface area contributed by atoms with Gasteiger partial charge in [-0.05, 0) is 24.6 Å². The fourth-order valence-corrected chi connectivity index (χ4v) is 6.29. The van der Waals surface area contributed by atoms with E-state index in [9.17, 15) is 87.5 Å². The van der Waals surface area contributed by atoms with Crippen molar-refractivity contribution in [2.45, 2.75) is 55.3 Å². The molecule has 0 unspecified atom stereocenters. The molecule has 0 heterocycles. The molecular formula is C23H23F15I2N2O7S2. The molecule has 0 atom stereocenters. The molecule has 0 aliphatic heterocycles. The van der Waals surface area contributed by atoms with E-state index in [1.807, 2.05) is 0 Å². The van der Waals surface area contributed by atoms with Crippen molar-refractivity contribution >= 4 is 71.2 Å². The molecule has 1 rings (SSSR count). The molecule has 0 aliphatic carbocycles. The molecule has 0 saturated heterocycles. The number of alkyl halides is 17. The van der Waals surface area contributed by atoms with Crippen LogP contribution in [-0.4, -0.2) is 114 Å². The Balaban J connectivity index is 2.88. The second-order valence-corrected chi connectivity index (χ2v) is 20.8. The molecule has 0 bridgehead atoms. The van der Waals surface area contributed by atoms with Gasteiger partial charge >= 0.3 is 46.3 Å². The van der Waals surface area contributed by atoms with Gasteiger partial charge in [0.25, 0.3) is 20.0 Å². The standard InChI is InChI=1S/C23H23F15I2N2O7S2/c1-16(39,40)17(24,25)19(28,29)22(35,36)50(44,45)42(3)8-10-49-15(43)14-6-4-5-13(11-14)12-48-9-7-41(2)51(46,47)23(37,38)20(30,31)18(26,27)21(32,33)34/h4-6,11H,7-10,12H2,1-3H3. The van der Waals surface area contributed by atoms with Crippen LogP contribution in [0.2, 0.25) is 0 Å². The number of rotatable bonds is 18. The lowest BCUT2D eigenvalue weighted by molar-refractivity contribution is -0.382.